The molecule has 0 amide bonds. The minimum atomic E-state index is -3.81. The quantitative estimate of drug-likeness (QED) is 0.154. The Morgan fingerprint density at radius 3 is 2.10 bits per heavy atom. The summed E-state index contributed by atoms with van der Waals surface area (Å²) in [6.07, 6.45) is 2.34. The van der Waals surface area contributed by atoms with Crippen molar-refractivity contribution in [3.8, 4) is 67.5 Å². The van der Waals surface area contributed by atoms with Crippen LogP contribution in [0.5, 0.6) is 5.75 Å². The third-order valence-electron chi connectivity index (χ3n) is 11.7. The van der Waals surface area contributed by atoms with Gasteiger partial charge in [0.25, 0.3) is 0 Å². The summed E-state index contributed by atoms with van der Waals surface area (Å²) in [6.45, 7) is 5.27. The topological polar surface area (TPSA) is 50.9 Å². The summed E-state index contributed by atoms with van der Waals surface area (Å²) in [5, 5.41) is 11.9. The monoisotopic (exact) mass is 1010 g/mol. The van der Waals surface area contributed by atoms with Crippen molar-refractivity contribution in [2.24, 2.45) is 0 Å². The Kier molecular flexibility index (Phi) is 8.33. The van der Waals surface area contributed by atoms with Crippen LogP contribution in [0.25, 0.3) is 72.7 Å². The number of fused-ring (bicyclic) bond motifs is 1. The fourth-order valence-electron chi connectivity index (χ4n) is 7.74. The molecule has 0 bridgehead atoms. The van der Waals surface area contributed by atoms with Crippen LogP contribution in [0.4, 0.5) is 0 Å². The van der Waals surface area contributed by atoms with Gasteiger partial charge in [0, 0.05) is 50.9 Å². The molecule has 0 unspecified atom stereocenters. The third-order valence-corrected chi connectivity index (χ3v) is 11.7. The number of hydrogen-bond acceptors (Lipinski definition) is 3. The van der Waals surface area contributed by atoms with E-state index in [0.29, 0.717) is 39.3 Å². The smallest absolute Gasteiger partial charge is 0.148 e. The van der Waals surface area contributed by atoms with Gasteiger partial charge >= 0.3 is 0 Å². The number of aromatic nitrogens is 3. The van der Waals surface area contributed by atoms with Crippen LogP contribution in [0.1, 0.15) is 114 Å². The van der Waals surface area contributed by atoms with E-state index >= 15 is 0 Å². The van der Waals surface area contributed by atoms with Crippen molar-refractivity contribution in [1.29, 1.82) is 0 Å². The molecule has 0 saturated heterocycles. The van der Waals surface area contributed by atoms with Crippen LogP contribution >= 0.6 is 0 Å². The molecule has 2 aromatic heterocycles. The second-order valence-corrected chi connectivity index (χ2v) is 17.6. The Morgan fingerprint density at radius 2 is 1.40 bits per heavy atom. The van der Waals surface area contributed by atoms with E-state index in [2.05, 4.69) is 87.5 Å². The van der Waals surface area contributed by atoms with Crippen LogP contribution < -0.4 is 0 Å². The van der Waals surface area contributed by atoms with E-state index in [-0.39, 0.29) is 43.4 Å². The van der Waals surface area contributed by atoms with Crippen molar-refractivity contribution in [3.63, 3.8) is 0 Å². The van der Waals surface area contributed by atoms with E-state index in [9.17, 15) is 5.11 Å². The fourth-order valence-corrected chi connectivity index (χ4v) is 7.74. The van der Waals surface area contributed by atoms with Crippen molar-refractivity contribution >= 4 is 11.0 Å². The molecule has 62 heavy (non-hydrogen) atoms. The molecule has 8 rings (SSSR count). The number of nitrogens with zero attached hydrogens (tertiary/aromatic N) is 3. The standard InChI is InChI=1S/C57H58N3O.Pt/c1-12-57(10,11)44-25-26-50(47(35-44)39-17-14-13-15-18-39)60-51-20-16-19-46(52(51)59-54(60)48-30-36(2)29-37(3)53(48)61)41-31-42(33-45(32-41)56(7,8)9)49-34-40(27-28-58-49)38-21-23-43(24-22-38)55(4,5)6;/h13-30,32-35,61H,12H2,1-11H3;/q-1;/i4D3,5D3,6D3,21D,22D,23D,24D;. The predicted molar refractivity (Wildman–Crippen MR) is 257 cm³/mol. The number of aryl methyl sites for hydroxylation is 2. The molecule has 0 aliphatic heterocycles. The summed E-state index contributed by atoms with van der Waals surface area (Å²) in [4.78, 5) is 10.1. The number of phenolic OH excluding ortho intramolecular Hbond substituents is 1. The first kappa shape index (κ1) is 30.5. The fraction of sp³-hybridized carbons (Fsp3) is 0.263. The van der Waals surface area contributed by atoms with Crippen molar-refractivity contribution < 1.29 is 44.0 Å². The zero-order valence-electron chi connectivity index (χ0n) is 49.2. The van der Waals surface area contributed by atoms with Gasteiger partial charge in [-0.05, 0) is 106 Å². The number of benzene rings is 6. The van der Waals surface area contributed by atoms with E-state index in [1.807, 2.05) is 74.5 Å². The van der Waals surface area contributed by atoms with Gasteiger partial charge in [0.15, 0.2) is 0 Å². The van der Waals surface area contributed by atoms with Crippen LogP contribution in [-0.4, -0.2) is 19.6 Å². The molecular formula is C57H58N3OPt-. The molecule has 0 aliphatic carbocycles. The van der Waals surface area contributed by atoms with E-state index in [4.69, 9.17) is 22.8 Å². The van der Waals surface area contributed by atoms with Crippen molar-refractivity contribution in [1.82, 2.24) is 14.5 Å². The van der Waals surface area contributed by atoms with E-state index in [1.54, 1.807) is 6.07 Å². The molecular weight excluding hydrogens is 938 g/mol. The minimum Gasteiger partial charge on any atom is -0.507 e. The zero-order chi connectivity index (χ0) is 54.4. The average Bonchev–Trinajstić information content (AvgIpc) is 3.71. The number of aromatic hydroxyl groups is 1. The molecule has 318 valence electrons. The summed E-state index contributed by atoms with van der Waals surface area (Å²) in [6, 6.07) is 33.3. The number of imidazole rings is 1. The molecule has 8 aromatic rings. The van der Waals surface area contributed by atoms with Gasteiger partial charge in [0.05, 0.1) is 27.8 Å². The summed E-state index contributed by atoms with van der Waals surface area (Å²) < 4.78 is 112. The number of rotatable bonds is 8. The first-order valence-corrected chi connectivity index (χ1v) is 20.5. The maximum atomic E-state index is 11.9. The van der Waals surface area contributed by atoms with E-state index < -0.39 is 61.1 Å². The predicted octanol–water partition coefficient (Wildman–Crippen LogP) is 15.2. The van der Waals surface area contributed by atoms with Gasteiger partial charge in [-0.3, -0.25) is 9.55 Å². The van der Waals surface area contributed by atoms with Crippen LogP contribution in [0, 0.1) is 19.9 Å². The summed E-state index contributed by atoms with van der Waals surface area (Å²) in [7, 11) is 0. The van der Waals surface area contributed by atoms with Crippen LogP contribution in [-0.2, 0) is 37.3 Å². The third kappa shape index (κ3) is 8.60. The maximum absolute atomic E-state index is 11.9. The van der Waals surface area contributed by atoms with Gasteiger partial charge in [-0.2, -0.15) is 0 Å². The molecule has 0 saturated carbocycles. The number of para-hydroxylation sites is 1. The van der Waals surface area contributed by atoms with Gasteiger partial charge in [0.2, 0.25) is 0 Å². The van der Waals surface area contributed by atoms with Gasteiger partial charge in [-0.25, -0.2) is 4.98 Å². The summed E-state index contributed by atoms with van der Waals surface area (Å²) in [5.41, 5.74) is 4.96. The minimum absolute atomic E-state index is 0. The number of pyridine rings is 1. The van der Waals surface area contributed by atoms with Gasteiger partial charge < -0.3 is 5.11 Å². The Bertz CT molecular complexity index is 3430. The molecule has 0 aliphatic rings. The average molecular weight is 1010 g/mol. The molecule has 2 heterocycles. The van der Waals surface area contributed by atoms with Gasteiger partial charge in [0.1, 0.15) is 11.6 Å². The summed E-state index contributed by atoms with van der Waals surface area (Å²) >= 11 is 0. The second-order valence-electron chi connectivity index (χ2n) is 17.6. The molecule has 0 radical (unpaired) electrons. The Balaban J connectivity index is 0.00000820. The first-order valence-electron chi connectivity index (χ1n) is 27.0. The van der Waals surface area contributed by atoms with Crippen molar-refractivity contribution in [2.45, 2.75) is 98.6 Å². The van der Waals surface area contributed by atoms with Crippen molar-refractivity contribution in [2.75, 3.05) is 0 Å². The van der Waals surface area contributed by atoms with Gasteiger partial charge in [-0.15, -0.1) is 29.3 Å². The molecule has 0 fully saturated rings. The van der Waals surface area contributed by atoms with Crippen molar-refractivity contribution in [3.05, 3.63) is 167 Å². The Morgan fingerprint density at radius 1 is 0.677 bits per heavy atom. The number of phenols is 1. The maximum Gasteiger partial charge on any atom is 0.148 e. The molecule has 1 N–H and O–H groups in total. The van der Waals surface area contributed by atoms with Crippen LogP contribution in [0.15, 0.2) is 133 Å². The van der Waals surface area contributed by atoms with Crippen LogP contribution in [0.3, 0.4) is 0 Å². The SMILES string of the molecule is [2H]c1c([2H])c(C(C([2H])([2H])[2H])(C([2H])([2H])[2H])C([2H])([2H])[2H])c([2H])c([2H])c1-c1ccnc(-c2[c-]c(-c3cccc4c3nc(-c3cc(C)cc(C)c3O)n4-c3ccc(C(C)(C)CC)cc3-c3ccccc3)cc(C(C)(C)C)c2)c1.[Pt]. The second kappa shape index (κ2) is 16.9. The van der Waals surface area contributed by atoms with Crippen LogP contribution in [0.2, 0.25) is 0 Å². The van der Waals surface area contributed by atoms with E-state index in [0.717, 1.165) is 45.4 Å². The summed E-state index contributed by atoms with van der Waals surface area (Å²) in [5.74, 6) is 0.633. The molecule has 5 heteroatoms. The number of hydrogen-bond donors (Lipinski definition) is 1. The zero-order valence-corrected chi connectivity index (χ0v) is 38.5. The molecule has 0 atom stereocenters. The van der Waals surface area contributed by atoms with E-state index in [1.165, 1.54) is 17.8 Å². The van der Waals surface area contributed by atoms with Gasteiger partial charge in [-0.1, -0.05) is 158 Å². The molecule has 4 nitrogen and oxygen atoms in total. The largest absolute Gasteiger partial charge is 0.507 e. The first-order chi connectivity index (χ1) is 34.3. The Labute approximate surface area is 401 Å². The molecule has 6 aromatic carbocycles. The Hall–Kier alpha value is -5.57. The normalized spacial score (nSPS) is 15.8. The molecule has 0 spiro atoms.